The lowest BCUT2D eigenvalue weighted by Gasteiger charge is -2.62. The predicted molar refractivity (Wildman–Crippen MR) is 171 cm³/mol. The van der Waals surface area contributed by atoms with Crippen LogP contribution >= 0.6 is 0 Å². The lowest BCUT2D eigenvalue weighted by Crippen LogP contribution is -2.62. The molecule has 3 aliphatic carbocycles. The van der Waals surface area contributed by atoms with Gasteiger partial charge in [-0.25, -0.2) is 0 Å². The van der Waals surface area contributed by atoms with E-state index in [9.17, 15) is 15.0 Å². The van der Waals surface area contributed by atoms with Gasteiger partial charge in [0.25, 0.3) is 0 Å². The Morgan fingerprint density at radius 3 is 2.49 bits per heavy atom. The van der Waals surface area contributed by atoms with Crippen molar-refractivity contribution in [2.24, 2.45) is 40.9 Å². The molecule has 9 atom stereocenters. The van der Waals surface area contributed by atoms with Crippen LogP contribution in [0.2, 0.25) is 0 Å². The van der Waals surface area contributed by atoms with Gasteiger partial charge >= 0.3 is 0 Å². The smallest absolute Gasteiger partial charge is 0.240 e. The number of fused-ring (bicyclic) bond motifs is 2. The highest BCUT2D eigenvalue weighted by Gasteiger charge is 2.57. The van der Waals surface area contributed by atoms with E-state index in [4.69, 9.17) is 4.84 Å². The molecule has 7 heteroatoms. The summed E-state index contributed by atoms with van der Waals surface area (Å²) in [4.78, 5) is 22.8. The van der Waals surface area contributed by atoms with Crippen molar-refractivity contribution < 1.29 is 19.8 Å². The molecule has 2 bridgehead atoms. The van der Waals surface area contributed by atoms with E-state index in [1.54, 1.807) is 12.0 Å². The minimum absolute atomic E-state index is 0.0904. The monoisotopic (exact) mass is 597 g/mol. The highest BCUT2D eigenvalue weighted by atomic mass is 16.7. The van der Waals surface area contributed by atoms with Gasteiger partial charge in [0.15, 0.2) is 0 Å². The number of aliphatic hydroxyl groups is 2. The molecule has 1 aromatic rings. The molecule has 1 amide bonds. The normalized spacial score (nSPS) is 33.8. The molecule has 3 saturated carbocycles. The molecule has 5 aliphatic rings. The summed E-state index contributed by atoms with van der Waals surface area (Å²) in [5.41, 5.74) is 2.75. The van der Waals surface area contributed by atoms with Crippen molar-refractivity contribution in [1.29, 1.82) is 0 Å². The van der Waals surface area contributed by atoms with Crippen LogP contribution < -0.4 is 5.32 Å². The van der Waals surface area contributed by atoms with Crippen LogP contribution in [-0.4, -0.2) is 76.6 Å². The van der Waals surface area contributed by atoms with E-state index in [1.165, 1.54) is 57.3 Å². The Labute approximate surface area is 260 Å². The molecule has 5 fully saturated rings. The number of carbonyl (C=O) groups excluding carboxylic acids is 1. The molecule has 0 aromatic heterocycles. The maximum Gasteiger partial charge on any atom is 0.240 e. The minimum atomic E-state index is -0.783. The summed E-state index contributed by atoms with van der Waals surface area (Å²) in [5.74, 6) is 2.50. The number of benzene rings is 1. The van der Waals surface area contributed by atoms with Crippen LogP contribution in [0.3, 0.4) is 0 Å². The first-order chi connectivity index (χ1) is 20.5. The standard InChI is InChI=1S/C36H59N3O4/c1-23(2)16-28(20-38-14-7-8-15-38)13-12-26-10-9-11-27(17-26)21-39-34(33(25(4)41)32(22-40)43-39)35(42)37-31-19-29-18-30(24(31)3)36(29,5)6/h9-11,17,23-25,28-34,40-41H,7-8,12-16,18-22H2,1-6H3,(H,37,42)/t24-,25-,28-,29-,30+,31-,32-,33+,34-/m0/s1. The van der Waals surface area contributed by atoms with E-state index in [2.05, 4.69) is 69.1 Å². The Kier molecular flexibility index (Phi) is 10.6. The van der Waals surface area contributed by atoms with Crippen LogP contribution in [0.1, 0.15) is 91.2 Å². The molecule has 1 aromatic carbocycles. The fourth-order valence-electron chi connectivity index (χ4n) is 9.20. The highest BCUT2D eigenvalue weighted by Crippen LogP contribution is 2.61. The van der Waals surface area contributed by atoms with Crippen molar-refractivity contribution in [1.82, 2.24) is 15.3 Å². The van der Waals surface area contributed by atoms with Gasteiger partial charge in [0.05, 0.1) is 19.3 Å². The molecule has 242 valence electrons. The Morgan fingerprint density at radius 2 is 1.86 bits per heavy atom. The number of aryl methyl sites for hydroxylation is 1. The Morgan fingerprint density at radius 1 is 1.14 bits per heavy atom. The van der Waals surface area contributed by atoms with E-state index in [0.717, 1.165) is 18.4 Å². The second-order valence-electron chi connectivity index (χ2n) is 15.6. The fraction of sp³-hybridized carbons (Fsp3) is 0.806. The summed E-state index contributed by atoms with van der Waals surface area (Å²) < 4.78 is 0. The lowest BCUT2D eigenvalue weighted by molar-refractivity contribution is -0.183. The average molecular weight is 598 g/mol. The van der Waals surface area contributed by atoms with Gasteiger partial charge in [-0.05, 0) is 111 Å². The summed E-state index contributed by atoms with van der Waals surface area (Å²) in [6, 6.07) is 8.16. The predicted octanol–water partition coefficient (Wildman–Crippen LogP) is 5.04. The van der Waals surface area contributed by atoms with Crippen LogP contribution in [0.4, 0.5) is 0 Å². The van der Waals surface area contributed by atoms with Gasteiger partial charge in [-0.3, -0.25) is 9.63 Å². The SMILES string of the molecule is CC(C)C[C@H](CCc1cccc(CN2O[C@@H](CO)[C@@H]([C@H](C)O)[C@H]2C(=O)N[C@H]2C[C@@H]3C[C@H]([C@@H]2C)C3(C)C)c1)CN1CCCC1. The van der Waals surface area contributed by atoms with Crippen LogP contribution in [0.5, 0.6) is 0 Å². The zero-order valence-electron chi connectivity index (χ0n) is 27.7. The number of rotatable bonds is 13. The van der Waals surface area contributed by atoms with Gasteiger partial charge < -0.3 is 20.4 Å². The number of hydroxylamine groups is 2. The average Bonchev–Trinajstić information content (AvgIpc) is 3.60. The molecular weight excluding hydrogens is 538 g/mol. The molecule has 3 N–H and O–H groups in total. The lowest BCUT2D eigenvalue weighted by atomic mass is 9.45. The zero-order valence-corrected chi connectivity index (χ0v) is 27.7. The maximum absolute atomic E-state index is 14.0. The molecule has 0 radical (unpaired) electrons. The Balaban J connectivity index is 1.26. The van der Waals surface area contributed by atoms with E-state index in [0.29, 0.717) is 41.5 Å². The second kappa shape index (κ2) is 13.9. The van der Waals surface area contributed by atoms with Gasteiger partial charge in [-0.2, -0.15) is 5.06 Å². The van der Waals surface area contributed by atoms with Gasteiger partial charge in [0.1, 0.15) is 12.1 Å². The number of nitrogens with one attached hydrogen (secondary N) is 1. The first-order valence-corrected chi connectivity index (χ1v) is 17.3. The van der Waals surface area contributed by atoms with E-state index >= 15 is 0 Å². The molecule has 2 heterocycles. The zero-order chi connectivity index (χ0) is 30.9. The molecule has 2 saturated heterocycles. The third-order valence-electron chi connectivity index (χ3n) is 11.8. The summed E-state index contributed by atoms with van der Waals surface area (Å²) in [5, 5.41) is 26.0. The molecular formula is C36H59N3O4. The largest absolute Gasteiger partial charge is 0.394 e. The van der Waals surface area contributed by atoms with E-state index in [1.807, 2.05) is 0 Å². The van der Waals surface area contributed by atoms with E-state index < -0.39 is 24.2 Å². The third-order valence-corrected chi connectivity index (χ3v) is 11.8. The first kappa shape index (κ1) is 32.9. The van der Waals surface area contributed by atoms with Crippen molar-refractivity contribution >= 4 is 5.91 Å². The Hall–Kier alpha value is -1.51. The summed E-state index contributed by atoms with van der Waals surface area (Å²) in [6.45, 7) is 17.3. The van der Waals surface area contributed by atoms with Crippen LogP contribution in [0.25, 0.3) is 0 Å². The molecule has 0 spiro atoms. The van der Waals surface area contributed by atoms with Crippen LogP contribution in [0, 0.1) is 40.9 Å². The summed E-state index contributed by atoms with van der Waals surface area (Å²) in [6.07, 6.45) is 7.01. The number of hydrogen-bond donors (Lipinski definition) is 3. The molecule has 6 rings (SSSR count). The maximum atomic E-state index is 14.0. The van der Waals surface area contributed by atoms with E-state index in [-0.39, 0.29) is 18.6 Å². The number of hydrogen-bond acceptors (Lipinski definition) is 6. The van der Waals surface area contributed by atoms with Gasteiger partial charge in [0, 0.05) is 18.5 Å². The number of likely N-dealkylation sites (tertiary alicyclic amines) is 1. The summed E-state index contributed by atoms with van der Waals surface area (Å²) >= 11 is 0. The van der Waals surface area contributed by atoms with Crippen molar-refractivity contribution in [2.45, 2.75) is 117 Å². The van der Waals surface area contributed by atoms with Crippen molar-refractivity contribution in [3.05, 3.63) is 35.4 Å². The van der Waals surface area contributed by atoms with Crippen molar-refractivity contribution in [3.8, 4) is 0 Å². The van der Waals surface area contributed by atoms with Gasteiger partial charge in [-0.15, -0.1) is 0 Å². The quantitative estimate of drug-likeness (QED) is 0.296. The van der Waals surface area contributed by atoms with Crippen molar-refractivity contribution in [2.75, 3.05) is 26.2 Å². The summed E-state index contributed by atoms with van der Waals surface area (Å²) in [7, 11) is 0. The first-order valence-electron chi connectivity index (χ1n) is 17.3. The second-order valence-corrected chi connectivity index (χ2v) is 15.6. The molecule has 7 nitrogen and oxygen atoms in total. The topological polar surface area (TPSA) is 85.3 Å². The molecule has 0 unspecified atom stereocenters. The molecule has 2 aliphatic heterocycles. The number of nitrogens with zero attached hydrogens (tertiary/aromatic N) is 2. The van der Waals surface area contributed by atoms with Crippen LogP contribution in [0.15, 0.2) is 24.3 Å². The number of amides is 1. The van der Waals surface area contributed by atoms with Crippen LogP contribution in [-0.2, 0) is 22.6 Å². The van der Waals surface area contributed by atoms with Gasteiger partial charge in [-0.1, -0.05) is 58.9 Å². The van der Waals surface area contributed by atoms with Crippen molar-refractivity contribution in [3.63, 3.8) is 0 Å². The highest BCUT2D eigenvalue weighted by molar-refractivity contribution is 5.82. The van der Waals surface area contributed by atoms with Gasteiger partial charge in [0.2, 0.25) is 5.91 Å². The third kappa shape index (κ3) is 7.33. The minimum Gasteiger partial charge on any atom is -0.394 e. The Bertz CT molecular complexity index is 1070. The fourth-order valence-corrected chi connectivity index (χ4v) is 9.20. The number of carbonyl (C=O) groups is 1. The molecule has 43 heavy (non-hydrogen) atoms. The number of aliphatic hydroxyl groups excluding tert-OH is 2.